The molecule has 0 saturated carbocycles. The van der Waals surface area contributed by atoms with E-state index in [0.717, 1.165) is 11.3 Å². The van der Waals surface area contributed by atoms with Gasteiger partial charge in [0.2, 0.25) is 0 Å². The van der Waals surface area contributed by atoms with Crippen LogP contribution in [0.5, 0.6) is 0 Å². The summed E-state index contributed by atoms with van der Waals surface area (Å²) in [7, 11) is -3.87. The molecular formula is C10H7ClN2O4S2. The largest absolute Gasteiger partial charge is 0.476 e. The third kappa shape index (κ3) is 3.03. The maximum atomic E-state index is 12.0. The minimum absolute atomic E-state index is 0.00214. The van der Waals surface area contributed by atoms with E-state index in [-0.39, 0.29) is 15.6 Å². The number of anilines is 1. The molecule has 0 aliphatic heterocycles. The molecule has 0 saturated heterocycles. The lowest BCUT2D eigenvalue weighted by Gasteiger charge is -2.07. The summed E-state index contributed by atoms with van der Waals surface area (Å²) in [6.07, 6.45) is 1.27. The van der Waals surface area contributed by atoms with Gasteiger partial charge in [0.25, 0.3) is 10.0 Å². The van der Waals surface area contributed by atoms with E-state index in [4.69, 9.17) is 16.7 Å². The molecule has 0 fully saturated rings. The summed E-state index contributed by atoms with van der Waals surface area (Å²) >= 11 is 6.55. The number of carboxylic acid groups (broad SMARTS) is 1. The molecule has 2 aromatic rings. The van der Waals surface area contributed by atoms with Crippen molar-refractivity contribution in [3.63, 3.8) is 0 Å². The van der Waals surface area contributed by atoms with Crippen molar-refractivity contribution in [1.82, 2.24) is 4.98 Å². The normalized spacial score (nSPS) is 11.2. The quantitative estimate of drug-likeness (QED) is 0.901. The Kier molecular flexibility index (Phi) is 3.74. The number of aromatic nitrogens is 1. The first kappa shape index (κ1) is 13.8. The predicted molar refractivity (Wildman–Crippen MR) is 71.3 cm³/mol. The van der Waals surface area contributed by atoms with Gasteiger partial charge in [-0.3, -0.25) is 4.72 Å². The number of pyridine rings is 1. The molecule has 0 aliphatic rings. The molecule has 0 aromatic carbocycles. The molecule has 19 heavy (non-hydrogen) atoms. The molecule has 0 atom stereocenters. The Morgan fingerprint density at radius 2 is 2.11 bits per heavy atom. The summed E-state index contributed by atoms with van der Waals surface area (Å²) in [6, 6.07) is 5.54. The number of halogens is 1. The van der Waals surface area contributed by atoms with Crippen LogP contribution < -0.4 is 4.72 Å². The van der Waals surface area contributed by atoms with E-state index in [1.807, 2.05) is 0 Å². The number of sulfonamides is 1. The average Bonchev–Trinajstić information content (AvgIpc) is 2.76. The minimum Gasteiger partial charge on any atom is -0.476 e. The van der Waals surface area contributed by atoms with E-state index in [9.17, 15) is 13.2 Å². The van der Waals surface area contributed by atoms with Crippen LogP contribution in [0.15, 0.2) is 34.7 Å². The molecule has 2 N–H and O–H groups in total. The van der Waals surface area contributed by atoms with Crippen molar-refractivity contribution in [2.45, 2.75) is 4.21 Å². The lowest BCUT2D eigenvalue weighted by molar-refractivity contribution is 0.0692. The van der Waals surface area contributed by atoms with Gasteiger partial charge in [-0.1, -0.05) is 11.6 Å². The zero-order valence-electron chi connectivity index (χ0n) is 9.20. The highest BCUT2D eigenvalue weighted by Crippen LogP contribution is 2.27. The number of nitrogens with zero attached hydrogens (tertiary/aromatic N) is 1. The number of nitrogens with one attached hydrogen (secondary N) is 1. The van der Waals surface area contributed by atoms with Gasteiger partial charge in [-0.2, -0.15) is 0 Å². The zero-order chi connectivity index (χ0) is 14.0. The average molecular weight is 319 g/mol. The van der Waals surface area contributed by atoms with Crippen LogP contribution in [0, 0.1) is 0 Å². The zero-order valence-corrected chi connectivity index (χ0v) is 11.6. The molecule has 0 aliphatic carbocycles. The second kappa shape index (κ2) is 5.16. The fourth-order valence-corrected chi connectivity index (χ4v) is 3.84. The Labute approximate surface area is 117 Å². The van der Waals surface area contributed by atoms with Gasteiger partial charge in [-0.05, 0) is 24.3 Å². The van der Waals surface area contributed by atoms with Gasteiger partial charge in [0, 0.05) is 6.20 Å². The number of rotatable bonds is 4. The minimum atomic E-state index is -3.87. The van der Waals surface area contributed by atoms with E-state index in [1.54, 1.807) is 0 Å². The van der Waals surface area contributed by atoms with Gasteiger partial charge in [-0.25, -0.2) is 18.2 Å². The Morgan fingerprint density at radius 3 is 2.68 bits per heavy atom. The van der Waals surface area contributed by atoms with E-state index in [2.05, 4.69) is 9.71 Å². The molecule has 0 spiro atoms. The van der Waals surface area contributed by atoms with Gasteiger partial charge in [0.1, 0.15) is 4.21 Å². The Hall–Kier alpha value is -1.64. The summed E-state index contributed by atoms with van der Waals surface area (Å²) in [5.74, 6) is -1.32. The lowest BCUT2D eigenvalue weighted by atomic mass is 10.3. The van der Waals surface area contributed by atoms with E-state index in [0.29, 0.717) is 4.34 Å². The standard InChI is InChI=1S/C10H7ClN2O4S2/c11-7-3-4-8(18-7)19(16,17)13-6-2-1-5-12-9(6)10(14)15/h1-5,13H,(H,14,15). The topological polar surface area (TPSA) is 96.4 Å². The van der Waals surface area contributed by atoms with Crippen molar-refractivity contribution >= 4 is 44.6 Å². The van der Waals surface area contributed by atoms with Crippen LogP contribution in [-0.2, 0) is 10.0 Å². The third-order valence-corrected chi connectivity index (χ3v) is 5.16. The second-order valence-corrected chi connectivity index (χ2v) is 6.99. The van der Waals surface area contributed by atoms with Crippen molar-refractivity contribution in [3.8, 4) is 0 Å². The number of hydrogen-bond donors (Lipinski definition) is 2. The Bertz CT molecular complexity index is 727. The monoisotopic (exact) mass is 318 g/mol. The van der Waals surface area contributed by atoms with E-state index < -0.39 is 16.0 Å². The molecule has 6 nitrogen and oxygen atoms in total. The molecule has 0 bridgehead atoms. The summed E-state index contributed by atoms with van der Waals surface area (Å²) < 4.78 is 26.5. The van der Waals surface area contributed by atoms with Crippen LogP contribution in [-0.4, -0.2) is 24.5 Å². The molecule has 0 radical (unpaired) electrons. The summed E-state index contributed by atoms with van der Waals surface area (Å²) in [5, 5.41) is 8.92. The number of thiophene rings is 1. The first-order chi connectivity index (χ1) is 8.90. The SMILES string of the molecule is O=C(O)c1ncccc1NS(=O)(=O)c1ccc(Cl)s1. The molecule has 0 unspecified atom stereocenters. The van der Waals surface area contributed by atoms with E-state index in [1.165, 1.54) is 30.5 Å². The molecular weight excluding hydrogens is 312 g/mol. The molecule has 2 heterocycles. The highest BCUT2D eigenvalue weighted by molar-refractivity contribution is 7.94. The Balaban J connectivity index is 2.39. The molecule has 100 valence electrons. The van der Waals surface area contributed by atoms with Crippen LogP contribution in [0.3, 0.4) is 0 Å². The maximum Gasteiger partial charge on any atom is 0.356 e. The van der Waals surface area contributed by atoms with Crippen LogP contribution >= 0.6 is 22.9 Å². The predicted octanol–water partition coefficient (Wildman–Crippen LogP) is 2.30. The van der Waals surface area contributed by atoms with Crippen molar-refractivity contribution < 1.29 is 18.3 Å². The van der Waals surface area contributed by atoms with Gasteiger partial charge in [0.05, 0.1) is 10.0 Å². The lowest BCUT2D eigenvalue weighted by Crippen LogP contribution is -2.15. The fraction of sp³-hybridized carbons (Fsp3) is 0. The molecule has 0 amide bonds. The number of hydrogen-bond acceptors (Lipinski definition) is 5. The molecule has 9 heteroatoms. The molecule has 2 rings (SSSR count). The van der Waals surface area contributed by atoms with E-state index >= 15 is 0 Å². The Morgan fingerprint density at radius 1 is 1.37 bits per heavy atom. The maximum absolute atomic E-state index is 12.0. The first-order valence-corrected chi connectivity index (χ1v) is 7.54. The van der Waals surface area contributed by atoms with Gasteiger partial charge in [-0.15, -0.1) is 11.3 Å². The van der Waals surface area contributed by atoms with Crippen LogP contribution in [0.25, 0.3) is 0 Å². The van der Waals surface area contributed by atoms with Crippen molar-refractivity contribution in [1.29, 1.82) is 0 Å². The smallest absolute Gasteiger partial charge is 0.356 e. The van der Waals surface area contributed by atoms with Crippen LogP contribution in [0.1, 0.15) is 10.5 Å². The fourth-order valence-electron chi connectivity index (χ4n) is 1.30. The number of carboxylic acids is 1. The summed E-state index contributed by atoms with van der Waals surface area (Å²) in [4.78, 5) is 14.5. The van der Waals surface area contributed by atoms with Gasteiger partial charge in [0.15, 0.2) is 5.69 Å². The number of aromatic carboxylic acids is 1. The van der Waals surface area contributed by atoms with Gasteiger partial charge >= 0.3 is 5.97 Å². The van der Waals surface area contributed by atoms with Crippen LogP contribution in [0.2, 0.25) is 4.34 Å². The third-order valence-electron chi connectivity index (χ3n) is 2.07. The molecule has 2 aromatic heterocycles. The highest BCUT2D eigenvalue weighted by atomic mass is 35.5. The summed E-state index contributed by atoms with van der Waals surface area (Å²) in [6.45, 7) is 0. The van der Waals surface area contributed by atoms with Crippen LogP contribution in [0.4, 0.5) is 5.69 Å². The van der Waals surface area contributed by atoms with Crippen molar-refractivity contribution in [3.05, 3.63) is 40.5 Å². The highest BCUT2D eigenvalue weighted by Gasteiger charge is 2.20. The number of carbonyl (C=O) groups is 1. The summed E-state index contributed by atoms with van der Waals surface area (Å²) in [5.41, 5.74) is -0.465. The first-order valence-electron chi connectivity index (χ1n) is 4.86. The van der Waals surface area contributed by atoms with Crippen molar-refractivity contribution in [2.75, 3.05) is 4.72 Å². The van der Waals surface area contributed by atoms with Crippen molar-refractivity contribution in [2.24, 2.45) is 0 Å². The second-order valence-electron chi connectivity index (χ2n) is 3.37. The van der Waals surface area contributed by atoms with Gasteiger partial charge < -0.3 is 5.11 Å².